The third-order valence-corrected chi connectivity index (χ3v) is 5.07. The lowest BCUT2D eigenvalue weighted by atomic mass is 10.1. The van der Waals surface area contributed by atoms with Crippen LogP contribution in [-0.4, -0.2) is 56.1 Å². The fraction of sp³-hybridized carbons (Fsp3) is 0.333. The maximum atomic E-state index is 12.4. The molecule has 0 bridgehead atoms. The Labute approximate surface area is 163 Å². The summed E-state index contributed by atoms with van der Waals surface area (Å²) in [5.41, 5.74) is 2.25. The molecule has 1 aromatic carbocycles. The van der Waals surface area contributed by atoms with Gasteiger partial charge in [-0.25, -0.2) is 4.98 Å². The second kappa shape index (κ2) is 7.90. The fourth-order valence-corrected chi connectivity index (χ4v) is 3.39. The minimum Gasteiger partial charge on any atom is -0.497 e. The summed E-state index contributed by atoms with van der Waals surface area (Å²) in [6, 6.07) is 9.45. The molecule has 3 heterocycles. The molecule has 0 spiro atoms. The van der Waals surface area contributed by atoms with Gasteiger partial charge in [0.05, 0.1) is 31.7 Å². The van der Waals surface area contributed by atoms with Gasteiger partial charge in [-0.05, 0) is 31.3 Å². The van der Waals surface area contributed by atoms with Crippen molar-refractivity contribution in [3.8, 4) is 5.75 Å². The maximum absolute atomic E-state index is 12.4. The van der Waals surface area contributed by atoms with Gasteiger partial charge in [-0.15, -0.1) is 0 Å². The Balaban J connectivity index is 1.38. The number of carbonyl (C=O) groups excluding carboxylic acids is 1. The minimum atomic E-state index is -0.104. The third kappa shape index (κ3) is 3.94. The number of piperazine rings is 1. The molecular weight excluding hydrogens is 356 g/mol. The van der Waals surface area contributed by atoms with E-state index in [9.17, 15) is 4.79 Å². The third-order valence-electron chi connectivity index (χ3n) is 5.07. The van der Waals surface area contributed by atoms with Gasteiger partial charge in [-0.2, -0.15) is 0 Å². The average Bonchev–Trinajstić information content (AvgIpc) is 3.11. The molecule has 1 aliphatic heterocycles. The average molecular weight is 380 g/mol. The van der Waals surface area contributed by atoms with Crippen molar-refractivity contribution in [2.75, 3.05) is 50.6 Å². The molecule has 3 aromatic rings. The van der Waals surface area contributed by atoms with Crippen LogP contribution in [-0.2, 0) is 11.2 Å². The van der Waals surface area contributed by atoms with Gasteiger partial charge in [-0.3, -0.25) is 4.79 Å². The van der Waals surface area contributed by atoms with Crippen LogP contribution in [0.4, 0.5) is 11.5 Å². The van der Waals surface area contributed by atoms with E-state index in [2.05, 4.69) is 27.1 Å². The van der Waals surface area contributed by atoms with Gasteiger partial charge in [0.15, 0.2) is 0 Å². The van der Waals surface area contributed by atoms with Crippen LogP contribution in [0, 0.1) is 0 Å². The van der Waals surface area contributed by atoms with E-state index in [1.54, 1.807) is 19.6 Å². The van der Waals surface area contributed by atoms with Crippen LogP contribution in [0.2, 0.25) is 0 Å². The molecule has 4 rings (SSSR count). The molecule has 1 amide bonds. The Morgan fingerprint density at radius 2 is 2.04 bits per heavy atom. The highest BCUT2D eigenvalue weighted by molar-refractivity contribution is 5.95. The quantitative estimate of drug-likeness (QED) is 0.734. The second-order valence-electron chi connectivity index (χ2n) is 7.04. The number of nitrogens with zero attached hydrogens (tertiary/aromatic N) is 3. The van der Waals surface area contributed by atoms with Crippen molar-refractivity contribution in [1.82, 2.24) is 9.88 Å². The predicted octanol–water partition coefficient (Wildman–Crippen LogP) is 2.77. The summed E-state index contributed by atoms with van der Waals surface area (Å²) in [6.45, 7) is 4.00. The van der Waals surface area contributed by atoms with E-state index in [1.807, 2.05) is 30.3 Å². The second-order valence-corrected chi connectivity index (χ2v) is 7.04. The number of benzene rings is 1. The number of methoxy groups -OCH3 is 1. The standard InChI is InChI=1S/C21H24N4O3/c1-24-7-9-25(10-8-24)20-6-3-16(13-22-20)23-21(26)11-15-14-28-19-12-17(27-2)4-5-18(15)19/h3-6,12-14H,7-11H2,1-2H3,(H,23,26). The molecule has 0 unspecified atom stereocenters. The van der Waals surface area contributed by atoms with Crippen LogP contribution in [0.25, 0.3) is 11.0 Å². The Bertz CT molecular complexity index is 959. The van der Waals surface area contributed by atoms with Gasteiger partial charge in [0.1, 0.15) is 17.2 Å². The zero-order valence-electron chi connectivity index (χ0n) is 16.1. The van der Waals surface area contributed by atoms with E-state index in [1.165, 1.54) is 0 Å². The van der Waals surface area contributed by atoms with Crippen LogP contribution in [0.3, 0.4) is 0 Å². The number of pyridine rings is 1. The van der Waals surface area contributed by atoms with Crippen molar-refractivity contribution in [2.24, 2.45) is 0 Å². The monoisotopic (exact) mass is 380 g/mol. The lowest BCUT2D eigenvalue weighted by Crippen LogP contribution is -2.44. The van der Waals surface area contributed by atoms with Crippen molar-refractivity contribution >= 4 is 28.4 Å². The summed E-state index contributed by atoms with van der Waals surface area (Å²) < 4.78 is 10.8. The van der Waals surface area contributed by atoms with Crippen molar-refractivity contribution in [3.63, 3.8) is 0 Å². The molecule has 1 aliphatic rings. The largest absolute Gasteiger partial charge is 0.497 e. The lowest BCUT2D eigenvalue weighted by Gasteiger charge is -2.33. The molecule has 7 nitrogen and oxygen atoms in total. The minimum absolute atomic E-state index is 0.104. The Morgan fingerprint density at radius 1 is 1.21 bits per heavy atom. The highest BCUT2D eigenvalue weighted by Crippen LogP contribution is 2.26. The molecule has 146 valence electrons. The first-order valence-corrected chi connectivity index (χ1v) is 9.36. The van der Waals surface area contributed by atoms with Gasteiger partial charge < -0.3 is 24.3 Å². The molecule has 0 atom stereocenters. The van der Waals surface area contributed by atoms with Gasteiger partial charge in [-0.1, -0.05) is 0 Å². The van der Waals surface area contributed by atoms with Gasteiger partial charge in [0, 0.05) is 43.2 Å². The molecule has 0 saturated carbocycles. The molecule has 0 radical (unpaired) electrons. The summed E-state index contributed by atoms with van der Waals surface area (Å²) in [6.07, 6.45) is 3.57. The lowest BCUT2D eigenvalue weighted by molar-refractivity contribution is -0.115. The Morgan fingerprint density at radius 3 is 2.75 bits per heavy atom. The van der Waals surface area contributed by atoms with Crippen molar-refractivity contribution in [3.05, 3.63) is 48.4 Å². The Kier molecular flexibility index (Phi) is 5.16. The highest BCUT2D eigenvalue weighted by atomic mass is 16.5. The topological polar surface area (TPSA) is 70.8 Å². The number of furan rings is 1. The number of anilines is 2. The molecule has 1 fully saturated rings. The number of amides is 1. The maximum Gasteiger partial charge on any atom is 0.228 e. The number of ether oxygens (including phenoxy) is 1. The normalized spacial score (nSPS) is 15.0. The number of likely N-dealkylation sites (N-methyl/N-ethyl adjacent to an activating group) is 1. The van der Waals surface area contributed by atoms with E-state index in [0.29, 0.717) is 11.3 Å². The Hall–Kier alpha value is -3.06. The van der Waals surface area contributed by atoms with Gasteiger partial charge in [0.25, 0.3) is 0 Å². The molecule has 1 N–H and O–H groups in total. The van der Waals surface area contributed by atoms with E-state index in [0.717, 1.165) is 48.7 Å². The number of hydrogen-bond donors (Lipinski definition) is 1. The number of rotatable bonds is 5. The molecule has 1 saturated heterocycles. The first kappa shape index (κ1) is 18.3. The zero-order chi connectivity index (χ0) is 19.5. The molecule has 28 heavy (non-hydrogen) atoms. The summed E-state index contributed by atoms with van der Waals surface area (Å²) in [4.78, 5) is 21.5. The van der Waals surface area contributed by atoms with Crippen LogP contribution in [0.15, 0.2) is 47.2 Å². The molecule has 2 aromatic heterocycles. The fourth-order valence-electron chi connectivity index (χ4n) is 3.39. The van der Waals surface area contributed by atoms with Crippen molar-refractivity contribution in [1.29, 1.82) is 0 Å². The smallest absolute Gasteiger partial charge is 0.228 e. The summed E-state index contributed by atoms with van der Waals surface area (Å²) in [5, 5.41) is 3.83. The van der Waals surface area contributed by atoms with Gasteiger partial charge in [0.2, 0.25) is 5.91 Å². The van der Waals surface area contributed by atoms with Crippen LogP contribution in [0.5, 0.6) is 5.75 Å². The highest BCUT2D eigenvalue weighted by Gasteiger charge is 2.16. The molecule has 7 heteroatoms. The van der Waals surface area contributed by atoms with Crippen LogP contribution in [0.1, 0.15) is 5.56 Å². The van der Waals surface area contributed by atoms with Crippen LogP contribution < -0.4 is 15.0 Å². The van der Waals surface area contributed by atoms with Crippen molar-refractivity contribution < 1.29 is 13.9 Å². The summed E-state index contributed by atoms with van der Waals surface area (Å²) in [7, 11) is 3.74. The number of carbonyl (C=O) groups is 1. The summed E-state index contributed by atoms with van der Waals surface area (Å²) in [5.74, 6) is 1.57. The number of hydrogen-bond acceptors (Lipinski definition) is 6. The SMILES string of the molecule is COc1ccc2c(CC(=O)Nc3ccc(N4CCN(C)CC4)nc3)coc2c1. The van der Waals surface area contributed by atoms with Crippen molar-refractivity contribution in [2.45, 2.75) is 6.42 Å². The predicted molar refractivity (Wildman–Crippen MR) is 109 cm³/mol. The van der Waals surface area contributed by atoms with E-state index in [-0.39, 0.29) is 12.3 Å². The first-order valence-electron chi connectivity index (χ1n) is 9.36. The molecule has 0 aliphatic carbocycles. The van der Waals surface area contributed by atoms with Gasteiger partial charge >= 0.3 is 0 Å². The number of aromatic nitrogens is 1. The number of nitrogens with one attached hydrogen (secondary N) is 1. The summed E-state index contributed by atoms with van der Waals surface area (Å²) >= 11 is 0. The van der Waals surface area contributed by atoms with Crippen LogP contribution >= 0.6 is 0 Å². The number of fused-ring (bicyclic) bond motifs is 1. The molecular formula is C21H24N4O3. The first-order chi connectivity index (χ1) is 13.6. The van der Waals surface area contributed by atoms with E-state index >= 15 is 0 Å². The van der Waals surface area contributed by atoms with E-state index in [4.69, 9.17) is 9.15 Å². The zero-order valence-corrected chi connectivity index (χ0v) is 16.1. The van der Waals surface area contributed by atoms with E-state index < -0.39 is 0 Å².